The molecule has 0 saturated heterocycles. The predicted octanol–water partition coefficient (Wildman–Crippen LogP) is 2.07. The lowest BCUT2D eigenvalue weighted by Gasteiger charge is -2.40. The molecule has 1 saturated carbocycles. The Morgan fingerprint density at radius 3 is 2.67 bits per heavy atom. The minimum absolute atomic E-state index is 0.00116. The maximum atomic E-state index is 13.2. The number of benzene rings is 1. The summed E-state index contributed by atoms with van der Waals surface area (Å²) in [6.45, 7) is 0.466. The van der Waals surface area contributed by atoms with Crippen molar-refractivity contribution < 1.29 is 18.7 Å². The largest absolute Gasteiger partial charge is 0.465 e. The van der Waals surface area contributed by atoms with E-state index in [0.717, 1.165) is 25.3 Å². The molecule has 21 heavy (non-hydrogen) atoms. The van der Waals surface area contributed by atoms with Crippen molar-refractivity contribution in [3.05, 3.63) is 29.6 Å². The molecule has 1 aromatic rings. The van der Waals surface area contributed by atoms with E-state index in [1.807, 2.05) is 0 Å². The van der Waals surface area contributed by atoms with Crippen LogP contribution in [-0.4, -0.2) is 25.5 Å². The van der Waals surface area contributed by atoms with E-state index in [1.165, 1.54) is 19.2 Å². The summed E-state index contributed by atoms with van der Waals surface area (Å²) in [7, 11) is 1.20. The molecule has 6 heteroatoms. The summed E-state index contributed by atoms with van der Waals surface area (Å²) in [4.78, 5) is 23.7. The maximum Gasteiger partial charge on any atom is 0.340 e. The lowest BCUT2D eigenvalue weighted by molar-refractivity contribution is -0.119. The Kier molecular flexibility index (Phi) is 4.57. The smallest absolute Gasteiger partial charge is 0.340 e. The third-order valence-electron chi connectivity index (χ3n) is 4.04. The number of anilines is 1. The quantitative estimate of drug-likeness (QED) is 0.815. The highest BCUT2D eigenvalue weighted by atomic mass is 19.1. The monoisotopic (exact) mass is 294 g/mol. The Morgan fingerprint density at radius 2 is 2.14 bits per heavy atom. The van der Waals surface area contributed by atoms with Crippen LogP contribution in [0.3, 0.4) is 0 Å². The number of hydrogen-bond donors (Lipinski definition) is 2. The summed E-state index contributed by atoms with van der Waals surface area (Å²) in [5, 5.41) is 2.65. The molecule has 1 aromatic carbocycles. The SMILES string of the molecule is COC(=O)c1cc(F)ccc1NC(=O)CC1(CN)CCC1. The number of esters is 1. The van der Waals surface area contributed by atoms with Crippen molar-refractivity contribution in [2.45, 2.75) is 25.7 Å². The van der Waals surface area contributed by atoms with E-state index in [-0.39, 0.29) is 22.6 Å². The van der Waals surface area contributed by atoms with Crippen molar-refractivity contribution in [3.63, 3.8) is 0 Å². The Hall–Kier alpha value is -1.95. The van der Waals surface area contributed by atoms with Crippen LogP contribution in [0.15, 0.2) is 18.2 Å². The number of carbonyl (C=O) groups excluding carboxylic acids is 2. The van der Waals surface area contributed by atoms with Crippen molar-refractivity contribution in [2.75, 3.05) is 19.0 Å². The van der Waals surface area contributed by atoms with E-state index < -0.39 is 11.8 Å². The molecule has 3 N–H and O–H groups in total. The van der Waals surface area contributed by atoms with Gasteiger partial charge in [-0.25, -0.2) is 9.18 Å². The van der Waals surface area contributed by atoms with Gasteiger partial charge in [0.05, 0.1) is 18.4 Å². The van der Waals surface area contributed by atoms with Gasteiger partial charge in [-0.1, -0.05) is 6.42 Å². The van der Waals surface area contributed by atoms with Crippen LogP contribution in [0.25, 0.3) is 0 Å². The maximum absolute atomic E-state index is 13.2. The molecule has 5 nitrogen and oxygen atoms in total. The molecule has 2 rings (SSSR count). The molecule has 0 radical (unpaired) electrons. The molecule has 1 aliphatic carbocycles. The van der Waals surface area contributed by atoms with Crippen molar-refractivity contribution >= 4 is 17.6 Å². The summed E-state index contributed by atoms with van der Waals surface area (Å²) in [5.74, 6) is -1.48. The highest BCUT2D eigenvalue weighted by molar-refractivity contribution is 6.01. The number of hydrogen-bond acceptors (Lipinski definition) is 4. The average molecular weight is 294 g/mol. The fraction of sp³-hybridized carbons (Fsp3) is 0.467. The number of amides is 1. The Bertz CT molecular complexity index is 550. The molecule has 0 bridgehead atoms. The van der Waals surface area contributed by atoms with Crippen LogP contribution < -0.4 is 11.1 Å². The number of rotatable bonds is 5. The van der Waals surface area contributed by atoms with Crippen LogP contribution in [0.4, 0.5) is 10.1 Å². The van der Waals surface area contributed by atoms with Gasteiger partial charge in [0.15, 0.2) is 0 Å². The Morgan fingerprint density at radius 1 is 1.43 bits per heavy atom. The van der Waals surface area contributed by atoms with E-state index in [4.69, 9.17) is 5.73 Å². The molecular weight excluding hydrogens is 275 g/mol. The summed E-state index contributed by atoms with van der Waals surface area (Å²) in [6, 6.07) is 3.59. The fourth-order valence-electron chi connectivity index (χ4n) is 2.57. The summed E-state index contributed by atoms with van der Waals surface area (Å²) in [5.41, 5.74) is 5.85. The highest BCUT2D eigenvalue weighted by Crippen LogP contribution is 2.43. The number of carbonyl (C=O) groups is 2. The summed E-state index contributed by atoms with van der Waals surface area (Å²) < 4.78 is 17.8. The second-order valence-electron chi connectivity index (χ2n) is 5.46. The topological polar surface area (TPSA) is 81.4 Å². The normalized spacial score (nSPS) is 16.0. The van der Waals surface area contributed by atoms with Gasteiger partial charge in [0.2, 0.25) is 5.91 Å². The second kappa shape index (κ2) is 6.22. The molecule has 1 amide bonds. The van der Waals surface area contributed by atoms with Crippen molar-refractivity contribution in [1.82, 2.24) is 0 Å². The molecule has 114 valence electrons. The fourth-order valence-corrected chi connectivity index (χ4v) is 2.57. The molecule has 1 fully saturated rings. The van der Waals surface area contributed by atoms with Crippen LogP contribution in [-0.2, 0) is 9.53 Å². The van der Waals surface area contributed by atoms with Crippen molar-refractivity contribution in [2.24, 2.45) is 11.1 Å². The first kappa shape index (κ1) is 15.4. The van der Waals surface area contributed by atoms with Gasteiger partial charge in [-0.2, -0.15) is 0 Å². The van der Waals surface area contributed by atoms with E-state index in [1.54, 1.807) is 0 Å². The van der Waals surface area contributed by atoms with Gasteiger partial charge in [0.25, 0.3) is 0 Å². The minimum Gasteiger partial charge on any atom is -0.465 e. The lowest BCUT2D eigenvalue weighted by atomic mass is 9.66. The highest BCUT2D eigenvalue weighted by Gasteiger charge is 2.37. The van der Waals surface area contributed by atoms with Crippen molar-refractivity contribution in [3.8, 4) is 0 Å². The predicted molar refractivity (Wildman–Crippen MR) is 76.3 cm³/mol. The van der Waals surface area contributed by atoms with Crippen LogP contribution in [0.2, 0.25) is 0 Å². The van der Waals surface area contributed by atoms with Gasteiger partial charge in [0.1, 0.15) is 5.82 Å². The number of methoxy groups -OCH3 is 1. The van der Waals surface area contributed by atoms with Gasteiger partial charge < -0.3 is 15.8 Å². The minimum atomic E-state index is -0.693. The first-order chi connectivity index (χ1) is 9.99. The molecule has 0 atom stereocenters. The summed E-state index contributed by atoms with van der Waals surface area (Å²) in [6.07, 6.45) is 3.25. The average Bonchev–Trinajstić information content (AvgIpc) is 2.44. The van der Waals surface area contributed by atoms with E-state index in [9.17, 15) is 14.0 Å². The van der Waals surface area contributed by atoms with Gasteiger partial charge in [0, 0.05) is 6.42 Å². The van der Waals surface area contributed by atoms with Crippen LogP contribution in [0.5, 0.6) is 0 Å². The molecule has 0 aliphatic heterocycles. The zero-order chi connectivity index (χ0) is 15.5. The van der Waals surface area contributed by atoms with Gasteiger partial charge in [-0.3, -0.25) is 4.79 Å². The van der Waals surface area contributed by atoms with E-state index in [2.05, 4.69) is 10.1 Å². The molecular formula is C15H19FN2O3. The first-order valence-electron chi connectivity index (χ1n) is 6.87. The van der Waals surface area contributed by atoms with Crippen LogP contribution >= 0.6 is 0 Å². The van der Waals surface area contributed by atoms with Gasteiger partial charge >= 0.3 is 5.97 Å². The standard InChI is InChI=1S/C15H19FN2O3/c1-21-14(20)11-7-10(16)3-4-12(11)18-13(19)8-15(9-17)5-2-6-15/h3-4,7H,2,5-6,8-9,17H2,1H3,(H,18,19). The Labute approximate surface area is 122 Å². The lowest BCUT2D eigenvalue weighted by Crippen LogP contribution is -2.40. The Balaban J connectivity index is 2.12. The van der Waals surface area contributed by atoms with E-state index in [0.29, 0.717) is 13.0 Å². The molecule has 0 spiro atoms. The number of nitrogens with one attached hydrogen (secondary N) is 1. The first-order valence-corrected chi connectivity index (χ1v) is 6.87. The van der Waals surface area contributed by atoms with Gasteiger partial charge in [-0.15, -0.1) is 0 Å². The zero-order valence-electron chi connectivity index (χ0n) is 11.9. The van der Waals surface area contributed by atoms with Gasteiger partial charge in [-0.05, 0) is 43.0 Å². The van der Waals surface area contributed by atoms with Crippen LogP contribution in [0.1, 0.15) is 36.0 Å². The van der Waals surface area contributed by atoms with Crippen LogP contribution in [0, 0.1) is 11.2 Å². The zero-order valence-corrected chi connectivity index (χ0v) is 11.9. The van der Waals surface area contributed by atoms with Crippen molar-refractivity contribution in [1.29, 1.82) is 0 Å². The molecule has 0 unspecified atom stereocenters. The third-order valence-corrected chi connectivity index (χ3v) is 4.04. The second-order valence-corrected chi connectivity index (χ2v) is 5.46. The number of nitrogens with two attached hydrogens (primary N) is 1. The molecule has 0 aromatic heterocycles. The number of halogens is 1. The third kappa shape index (κ3) is 3.39. The number of ether oxygens (including phenoxy) is 1. The van der Waals surface area contributed by atoms with E-state index >= 15 is 0 Å². The molecule has 0 heterocycles. The molecule has 1 aliphatic rings. The summed E-state index contributed by atoms with van der Waals surface area (Å²) >= 11 is 0.